The van der Waals surface area contributed by atoms with Crippen molar-refractivity contribution in [3.8, 4) is 11.8 Å². The van der Waals surface area contributed by atoms with E-state index in [-0.39, 0.29) is 5.41 Å². The van der Waals surface area contributed by atoms with Crippen molar-refractivity contribution in [1.29, 1.82) is 0 Å². The van der Waals surface area contributed by atoms with Crippen LogP contribution >= 0.6 is 0 Å². The Hall–Kier alpha value is -1.26. The molecule has 0 bridgehead atoms. The molecule has 0 amide bonds. The SMILES string of the molecule is CC#CCC(NC)c1ccccc1C(C)(C)C. The highest BCUT2D eigenvalue weighted by molar-refractivity contribution is 5.35. The van der Waals surface area contributed by atoms with Crippen molar-refractivity contribution in [2.75, 3.05) is 7.05 Å². The summed E-state index contributed by atoms with van der Waals surface area (Å²) in [6, 6.07) is 8.97. The van der Waals surface area contributed by atoms with Gasteiger partial charge in [-0.3, -0.25) is 0 Å². The number of benzene rings is 1. The number of hydrogen-bond acceptors (Lipinski definition) is 1. The smallest absolute Gasteiger partial charge is 0.0431 e. The van der Waals surface area contributed by atoms with Crippen LogP contribution < -0.4 is 5.32 Å². The van der Waals surface area contributed by atoms with E-state index in [9.17, 15) is 0 Å². The van der Waals surface area contributed by atoms with Crippen LogP contribution in [0, 0.1) is 11.8 Å². The second-order valence-electron chi connectivity index (χ2n) is 5.31. The molecule has 0 aliphatic heterocycles. The fourth-order valence-corrected chi connectivity index (χ4v) is 2.06. The first kappa shape index (κ1) is 13.8. The molecule has 1 N–H and O–H groups in total. The summed E-state index contributed by atoms with van der Waals surface area (Å²) in [6.07, 6.45) is 0.861. The molecular formula is C16H23N. The molecule has 92 valence electrons. The molecule has 0 heterocycles. The number of hydrogen-bond donors (Lipinski definition) is 1. The van der Waals surface area contributed by atoms with E-state index in [4.69, 9.17) is 0 Å². The third kappa shape index (κ3) is 3.61. The quantitative estimate of drug-likeness (QED) is 0.780. The fourth-order valence-electron chi connectivity index (χ4n) is 2.06. The number of nitrogens with one attached hydrogen (secondary N) is 1. The van der Waals surface area contributed by atoms with Crippen LogP contribution in [-0.2, 0) is 5.41 Å². The van der Waals surface area contributed by atoms with E-state index in [1.165, 1.54) is 11.1 Å². The van der Waals surface area contributed by atoms with E-state index in [0.29, 0.717) is 6.04 Å². The summed E-state index contributed by atoms with van der Waals surface area (Å²) >= 11 is 0. The zero-order valence-electron chi connectivity index (χ0n) is 11.6. The minimum Gasteiger partial charge on any atom is -0.312 e. The lowest BCUT2D eigenvalue weighted by molar-refractivity contribution is 0.546. The average Bonchev–Trinajstić information content (AvgIpc) is 2.29. The van der Waals surface area contributed by atoms with Crippen molar-refractivity contribution in [3.05, 3.63) is 35.4 Å². The highest BCUT2D eigenvalue weighted by Gasteiger charge is 2.21. The molecule has 1 atom stereocenters. The lowest BCUT2D eigenvalue weighted by Gasteiger charge is -2.26. The maximum atomic E-state index is 3.36. The monoisotopic (exact) mass is 229 g/mol. The maximum absolute atomic E-state index is 3.36. The Morgan fingerprint density at radius 3 is 2.41 bits per heavy atom. The standard InChI is InChI=1S/C16H23N/c1-6-7-12-15(17-5)13-10-8-9-11-14(13)16(2,3)4/h8-11,15,17H,12H2,1-5H3. The van der Waals surface area contributed by atoms with E-state index >= 15 is 0 Å². The molecule has 1 unspecified atom stereocenters. The van der Waals surface area contributed by atoms with Crippen LogP contribution in [0.4, 0.5) is 0 Å². The summed E-state index contributed by atoms with van der Waals surface area (Å²) in [4.78, 5) is 0. The van der Waals surface area contributed by atoms with Crippen LogP contribution in [0.1, 0.15) is 51.3 Å². The van der Waals surface area contributed by atoms with E-state index in [1.807, 2.05) is 14.0 Å². The molecule has 1 aromatic carbocycles. The van der Waals surface area contributed by atoms with Crippen molar-refractivity contribution in [2.24, 2.45) is 0 Å². The third-order valence-corrected chi connectivity index (χ3v) is 2.98. The maximum Gasteiger partial charge on any atom is 0.0431 e. The molecule has 0 radical (unpaired) electrons. The van der Waals surface area contributed by atoms with Gasteiger partial charge in [-0.1, -0.05) is 45.0 Å². The van der Waals surface area contributed by atoms with Crippen molar-refractivity contribution in [2.45, 2.75) is 45.6 Å². The van der Waals surface area contributed by atoms with Crippen LogP contribution in [0.3, 0.4) is 0 Å². The second-order valence-corrected chi connectivity index (χ2v) is 5.31. The summed E-state index contributed by atoms with van der Waals surface area (Å²) < 4.78 is 0. The fraction of sp³-hybridized carbons (Fsp3) is 0.500. The van der Waals surface area contributed by atoms with Gasteiger partial charge < -0.3 is 5.32 Å². The van der Waals surface area contributed by atoms with Gasteiger partial charge in [0.25, 0.3) is 0 Å². The average molecular weight is 229 g/mol. The Bertz CT molecular complexity index is 415. The summed E-state index contributed by atoms with van der Waals surface area (Å²) in [6.45, 7) is 8.65. The van der Waals surface area contributed by atoms with Gasteiger partial charge in [0.1, 0.15) is 0 Å². The topological polar surface area (TPSA) is 12.0 Å². The molecule has 17 heavy (non-hydrogen) atoms. The zero-order chi connectivity index (χ0) is 12.9. The van der Waals surface area contributed by atoms with Crippen molar-refractivity contribution >= 4 is 0 Å². The molecule has 1 nitrogen and oxygen atoms in total. The lowest BCUT2D eigenvalue weighted by atomic mass is 9.81. The van der Waals surface area contributed by atoms with Crippen LogP contribution in [0.5, 0.6) is 0 Å². The van der Waals surface area contributed by atoms with Gasteiger partial charge in [-0.05, 0) is 30.5 Å². The molecule has 1 heteroatoms. The Kier molecular flexibility index (Phi) is 4.78. The first-order valence-corrected chi connectivity index (χ1v) is 6.17. The number of rotatable bonds is 3. The van der Waals surface area contributed by atoms with E-state index in [2.05, 4.69) is 62.2 Å². The zero-order valence-corrected chi connectivity index (χ0v) is 11.6. The predicted octanol–water partition coefficient (Wildman–Crippen LogP) is 3.66. The molecule has 0 aromatic heterocycles. The van der Waals surface area contributed by atoms with E-state index < -0.39 is 0 Å². The van der Waals surface area contributed by atoms with Gasteiger partial charge in [0.05, 0.1) is 0 Å². The molecule has 0 fully saturated rings. The van der Waals surface area contributed by atoms with Gasteiger partial charge in [0.15, 0.2) is 0 Å². The van der Waals surface area contributed by atoms with Crippen LogP contribution in [0.15, 0.2) is 24.3 Å². The molecule has 0 aliphatic rings. The molecule has 1 rings (SSSR count). The van der Waals surface area contributed by atoms with Gasteiger partial charge in [-0.2, -0.15) is 0 Å². The minimum atomic E-state index is 0.172. The lowest BCUT2D eigenvalue weighted by Crippen LogP contribution is -2.22. The predicted molar refractivity (Wildman–Crippen MR) is 75.0 cm³/mol. The van der Waals surface area contributed by atoms with Crippen LogP contribution in [0.25, 0.3) is 0 Å². The van der Waals surface area contributed by atoms with Crippen molar-refractivity contribution < 1.29 is 0 Å². The Morgan fingerprint density at radius 2 is 1.88 bits per heavy atom. The molecule has 0 saturated carbocycles. The van der Waals surface area contributed by atoms with Gasteiger partial charge in [0, 0.05) is 12.5 Å². The first-order chi connectivity index (χ1) is 8.00. The molecular weight excluding hydrogens is 206 g/mol. The summed E-state index contributed by atoms with van der Waals surface area (Å²) in [7, 11) is 2.00. The van der Waals surface area contributed by atoms with Crippen LogP contribution in [0.2, 0.25) is 0 Å². The van der Waals surface area contributed by atoms with Crippen molar-refractivity contribution in [3.63, 3.8) is 0 Å². The van der Waals surface area contributed by atoms with Gasteiger partial charge in [0.2, 0.25) is 0 Å². The molecule has 1 aromatic rings. The normalized spacial score (nSPS) is 12.8. The third-order valence-electron chi connectivity index (χ3n) is 2.98. The van der Waals surface area contributed by atoms with Gasteiger partial charge >= 0.3 is 0 Å². The first-order valence-electron chi connectivity index (χ1n) is 6.17. The van der Waals surface area contributed by atoms with Crippen LogP contribution in [-0.4, -0.2) is 7.05 Å². The van der Waals surface area contributed by atoms with E-state index in [0.717, 1.165) is 6.42 Å². The Balaban J connectivity index is 3.13. The highest BCUT2D eigenvalue weighted by Crippen LogP contribution is 2.30. The van der Waals surface area contributed by atoms with Gasteiger partial charge in [-0.15, -0.1) is 11.8 Å². The Morgan fingerprint density at radius 1 is 1.24 bits per heavy atom. The van der Waals surface area contributed by atoms with Crippen molar-refractivity contribution in [1.82, 2.24) is 5.32 Å². The van der Waals surface area contributed by atoms with Gasteiger partial charge in [-0.25, -0.2) is 0 Å². The molecule has 0 aliphatic carbocycles. The highest BCUT2D eigenvalue weighted by atomic mass is 14.9. The Labute approximate surface area is 106 Å². The summed E-state index contributed by atoms with van der Waals surface area (Å²) in [5, 5.41) is 3.36. The largest absolute Gasteiger partial charge is 0.312 e. The van der Waals surface area contributed by atoms with E-state index in [1.54, 1.807) is 0 Å². The molecule has 0 saturated heterocycles. The second kappa shape index (κ2) is 5.89. The minimum absolute atomic E-state index is 0.172. The molecule has 0 spiro atoms. The summed E-state index contributed by atoms with van der Waals surface area (Å²) in [5.74, 6) is 6.13. The summed E-state index contributed by atoms with van der Waals surface area (Å²) in [5.41, 5.74) is 2.94.